The second kappa shape index (κ2) is 7.90. The number of rotatable bonds is 5. The van der Waals surface area contributed by atoms with Gasteiger partial charge in [-0.2, -0.15) is 5.10 Å². The van der Waals surface area contributed by atoms with Gasteiger partial charge in [0.25, 0.3) is 5.56 Å². The molecule has 0 saturated carbocycles. The van der Waals surface area contributed by atoms with Gasteiger partial charge in [0.2, 0.25) is 5.91 Å². The van der Waals surface area contributed by atoms with Crippen molar-refractivity contribution < 1.29 is 9.18 Å². The minimum absolute atomic E-state index is 0.132. The van der Waals surface area contributed by atoms with Crippen LogP contribution in [0, 0.1) is 19.7 Å². The van der Waals surface area contributed by atoms with Crippen molar-refractivity contribution in [3.05, 3.63) is 82.3 Å². The minimum Gasteiger partial charge on any atom is -0.326 e. The number of hydrogen-bond acceptors (Lipinski definition) is 4. The van der Waals surface area contributed by atoms with Crippen LogP contribution in [0.1, 0.15) is 17.5 Å². The lowest BCUT2D eigenvalue weighted by molar-refractivity contribution is -0.116. The summed E-state index contributed by atoms with van der Waals surface area (Å²) >= 11 is 0. The number of benzene rings is 2. The van der Waals surface area contributed by atoms with Crippen molar-refractivity contribution in [3.8, 4) is 5.69 Å². The van der Waals surface area contributed by atoms with Crippen molar-refractivity contribution in [3.63, 3.8) is 0 Å². The van der Waals surface area contributed by atoms with Gasteiger partial charge in [0, 0.05) is 18.7 Å². The Kier molecular flexibility index (Phi) is 5.14. The number of hydrogen-bond donors (Lipinski definition) is 1. The van der Waals surface area contributed by atoms with Crippen LogP contribution in [-0.4, -0.2) is 25.2 Å². The zero-order valence-electron chi connectivity index (χ0n) is 16.6. The molecule has 2 heterocycles. The fourth-order valence-corrected chi connectivity index (χ4v) is 3.18. The van der Waals surface area contributed by atoms with Gasteiger partial charge >= 0.3 is 0 Å². The van der Waals surface area contributed by atoms with Crippen LogP contribution in [0.3, 0.4) is 0 Å². The maximum absolute atomic E-state index is 13.2. The number of aromatic nitrogens is 4. The van der Waals surface area contributed by atoms with Gasteiger partial charge in [-0.1, -0.05) is 12.1 Å². The number of carbonyl (C=O) groups is 1. The number of nitrogens with zero attached hydrogens (tertiary/aromatic N) is 4. The number of nitrogens with one attached hydrogen (secondary N) is 1. The molecule has 0 atom stereocenters. The molecule has 2 aromatic carbocycles. The maximum Gasteiger partial charge on any atom is 0.264 e. The fraction of sp³-hybridized carbons (Fsp3) is 0.182. The van der Waals surface area contributed by atoms with Crippen LogP contribution < -0.4 is 10.9 Å². The Labute approximate surface area is 171 Å². The van der Waals surface area contributed by atoms with E-state index in [1.165, 1.54) is 33.9 Å². The predicted octanol–water partition coefficient (Wildman–Crippen LogP) is 3.37. The van der Waals surface area contributed by atoms with Crippen LogP contribution in [0.25, 0.3) is 16.7 Å². The number of halogens is 1. The molecule has 0 aliphatic carbocycles. The molecule has 0 bridgehead atoms. The molecule has 1 amide bonds. The number of fused-ring (bicyclic) bond motifs is 1. The Bertz CT molecular complexity index is 1290. The summed E-state index contributed by atoms with van der Waals surface area (Å²) < 4.78 is 16.0. The van der Waals surface area contributed by atoms with Gasteiger partial charge in [-0.15, -0.1) is 0 Å². The van der Waals surface area contributed by atoms with Crippen LogP contribution in [0.15, 0.2) is 59.8 Å². The van der Waals surface area contributed by atoms with E-state index in [9.17, 15) is 14.0 Å². The van der Waals surface area contributed by atoms with Crippen molar-refractivity contribution in [1.29, 1.82) is 0 Å². The second-order valence-corrected chi connectivity index (χ2v) is 7.13. The first kappa shape index (κ1) is 19.5. The van der Waals surface area contributed by atoms with Crippen LogP contribution in [0.4, 0.5) is 10.1 Å². The molecule has 0 radical (unpaired) electrons. The lowest BCUT2D eigenvalue weighted by Gasteiger charge is -2.10. The van der Waals surface area contributed by atoms with Gasteiger partial charge in [-0.05, 0) is 55.3 Å². The normalized spacial score (nSPS) is 11.0. The van der Waals surface area contributed by atoms with Gasteiger partial charge in [0.15, 0.2) is 5.65 Å². The van der Waals surface area contributed by atoms with Crippen LogP contribution in [0.5, 0.6) is 0 Å². The van der Waals surface area contributed by atoms with E-state index in [1.54, 1.807) is 12.1 Å². The molecule has 4 aromatic rings. The topological polar surface area (TPSA) is 81.8 Å². The molecule has 7 nitrogen and oxygen atoms in total. The highest BCUT2D eigenvalue weighted by molar-refractivity contribution is 5.91. The molecule has 0 spiro atoms. The molecule has 0 unspecified atom stereocenters. The van der Waals surface area contributed by atoms with Gasteiger partial charge in [-0.3, -0.25) is 14.2 Å². The van der Waals surface area contributed by atoms with E-state index in [2.05, 4.69) is 15.4 Å². The second-order valence-electron chi connectivity index (χ2n) is 7.13. The Morgan fingerprint density at radius 3 is 2.67 bits per heavy atom. The molecule has 0 aliphatic rings. The van der Waals surface area contributed by atoms with Gasteiger partial charge < -0.3 is 5.32 Å². The monoisotopic (exact) mass is 405 g/mol. The van der Waals surface area contributed by atoms with Crippen LogP contribution in [-0.2, 0) is 11.3 Å². The highest BCUT2D eigenvalue weighted by Crippen LogP contribution is 2.17. The summed E-state index contributed by atoms with van der Waals surface area (Å²) in [6.07, 6.45) is 2.96. The Morgan fingerprint density at radius 1 is 1.13 bits per heavy atom. The number of aryl methyl sites for hydroxylation is 3. The highest BCUT2D eigenvalue weighted by atomic mass is 19.1. The Hall–Kier alpha value is -3.81. The van der Waals surface area contributed by atoms with Crippen molar-refractivity contribution in [2.75, 3.05) is 5.32 Å². The van der Waals surface area contributed by atoms with E-state index < -0.39 is 0 Å². The lowest BCUT2D eigenvalue weighted by atomic mass is 10.1. The van der Waals surface area contributed by atoms with Gasteiger partial charge in [0.05, 0.1) is 18.2 Å². The van der Waals surface area contributed by atoms with E-state index in [4.69, 9.17) is 0 Å². The molecule has 8 heteroatoms. The van der Waals surface area contributed by atoms with Crippen molar-refractivity contribution in [2.24, 2.45) is 0 Å². The van der Waals surface area contributed by atoms with Crippen molar-refractivity contribution in [1.82, 2.24) is 19.3 Å². The average molecular weight is 405 g/mol. The molecule has 0 fully saturated rings. The third kappa shape index (κ3) is 3.84. The summed E-state index contributed by atoms with van der Waals surface area (Å²) in [4.78, 5) is 29.4. The minimum atomic E-state index is -0.357. The molecule has 1 N–H and O–H groups in total. The zero-order valence-corrected chi connectivity index (χ0v) is 16.6. The molecule has 4 rings (SSSR count). The largest absolute Gasteiger partial charge is 0.326 e. The fourth-order valence-electron chi connectivity index (χ4n) is 3.18. The van der Waals surface area contributed by atoms with Crippen molar-refractivity contribution >= 4 is 22.6 Å². The lowest BCUT2D eigenvalue weighted by Crippen LogP contribution is -2.23. The third-order valence-corrected chi connectivity index (χ3v) is 4.87. The van der Waals surface area contributed by atoms with E-state index in [1.807, 2.05) is 32.0 Å². The number of amides is 1. The first-order chi connectivity index (χ1) is 14.4. The predicted molar refractivity (Wildman–Crippen MR) is 112 cm³/mol. The van der Waals surface area contributed by atoms with E-state index in [0.717, 1.165) is 16.8 Å². The highest BCUT2D eigenvalue weighted by Gasteiger charge is 2.13. The SMILES string of the molecule is Cc1ccc(C)c(NC(=O)CCn2cnc3c(cnn3-c3ccc(F)cc3)c2=O)c1. The first-order valence-electron chi connectivity index (χ1n) is 9.48. The van der Waals surface area contributed by atoms with E-state index >= 15 is 0 Å². The summed E-state index contributed by atoms with van der Waals surface area (Å²) in [5, 5.41) is 7.42. The summed E-state index contributed by atoms with van der Waals surface area (Å²) in [6, 6.07) is 11.6. The smallest absolute Gasteiger partial charge is 0.264 e. The first-order valence-corrected chi connectivity index (χ1v) is 9.48. The molecule has 152 valence electrons. The van der Waals surface area contributed by atoms with Crippen LogP contribution in [0.2, 0.25) is 0 Å². The van der Waals surface area contributed by atoms with E-state index in [0.29, 0.717) is 16.7 Å². The van der Waals surface area contributed by atoms with Gasteiger partial charge in [0.1, 0.15) is 11.2 Å². The van der Waals surface area contributed by atoms with Crippen LogP contribution >= 0.6 is 0 Å². The molecule has 2 aromatic heterocycles. The third-order valence-electron chi connectivity index (χ3n) is 4.87. The molecular weight excluding hydrogens is 385 g/mol. The number of carbonyl (C=O) groups excluding carboxylic acids is 1. The standard InChI is InChI=1S/C22H20FN5O2/c1-14-3-4-15(2)19(11-14)26-20(29)9-10-27-13-24-21-18(22(27)30)12-25-28(21)17-7-5-16(23)6-8-17/h3-8,11-13H,9-10H2,1-2H3,(H,26,29). The zero-order chi connectivity index (χ0) is 21.3. The summed E-state index contributed by atoms with van der Waals surface area (Å²) in [5.74, 6) is -0.539. The molecule has 0 aliphatic heterocycles. The Balaban J connectivity index is 1.52. The van der Waals surface area contributed by atoms with Gasteiger partial charge in [-0.25, -0.2) is 14.1 Å². The summed E-state index contributed by atoms with van der Waals surface area (Å²) in [6.45, 7) is 4.08. The maximum atomic E-state index is 13.2. The number of anilines is 1. The quantitative estimate of drug-likeness (QED) is 0.552. The molecular formula is C22H20FN5O2. The molecule has 0 saturated heterocycles. The summed E-state index contributed by atoms with van der Waals surface area (Å²) in [5.41, 5.74) is 3.49. The molecule has 30 heavy (non-hydrogen) atoms. The average Bonchev–Trinajstić information content (AvgIpc) is 3.16. The van der Waals surface area contributed by atoms with Crippen molar-refractivity contribution in [2.45, 2.75) is 26.8 Å². The van der Waals surface area contributed by atoms with E-state index in [-0.39, 0.29) is 30.2 Å². The summed E-state index contributed by atoms with van der Waals surface area (Å²) in [7, 11) is 0. The Morgan fingerprint density at radius 2 is 1.90 bits per heavy atom.